The second-order valence-corrected chi connectivity index (χ2v) is 4.81. The van der Waals surface area contributed by atoms with E-state index in [4.69, 9.17) is 5.11 Å². The molecule has 0 aromatic heterocycles. The largest absolute Gasteiger partial charge is 0.508 e. The maximum Gasteiger partial charge on any atom is 0.256 e. The van der Waals surface area contributed by atoms with Crippen LogP contribution in [0.15, 0.2) is 42.5 Å². The molecule has 2 aromatic rings. The van der Waals surface area contributed by atoms with Crippen LogP contribution in [0.4, 0.5) is 4.39 Å². The van der Waals surface area contributed by atoms with Crippen LogP contribution in [0.25, 0.3) is 0 Å². The average Bonchev–Trinajstić information content (AvgIpc) is 2.40. The fourth-order valence-corrected chi connectivity index (χ4v) is 1.92. The molecule has 1 amide bonds. The van der Waals surface area contributed by atoms with Crippen molar-refractivity contribution in [1.29, 1.82) is 0 Å². The number of halogens is 1. The third-order valence-corrected chi connectivity index (χ3v) is 3.07. The van der Waals surface area contributed by atoms with E-state index in [0.717, 1.165) is 17.2 Å². The number of aryl methyl sites for hydroxylation is 1. The Morgan fingerprint density at radius 2 is 1.85 bits per heavy atom. The standard InChI is InChI=1S/C16H16FNO2/c1-11-3-5-12(6-4-11)10-18(2)16(20)14-8-7-13(19)9-15(14)17/h3-9,19H,10H2,1-2H3. The fraction of sp³-hybridized carbons (Fsp3) is 0.188. The minimum Gasteiger partial charge on any atom is -0.508 e. The van der Waals surface area contributed by atoms with Crippen LogP contribution in [0.5, 0.6) is 5.75 Å². The molecule has 0 atom stereocenters. The number of rotatable bonds is 3. The van der Waals surface area contributed by atoms with E-state index in [1.165, 1.54) is 17.0 Å². The fourth-order valence-electron chi connectivity index (χ4n) is 1.92. The predicted molar refractivity (Wildman–Crippen MR) is 75.0 cm³/mol. The Labute approximate surface area is 117 Å². The van der Waals surface area contributed by atoms with E-state index in [1.54, 1.807) is 7.05 Å². The van der Waals surface area contributed by atoms with Gasteiger partial charge in [-0.15, -0.1) is 0 Å². The van der Waals surface area contributed by atoms with Crippen LogP contribution in [-0.4, -0.2) is 23.0 Å². The minimum atomic E-state index is -0.717. The molecule has 0 unspecified atom stereocenters. The molecule has 0 aliphatic heterocycles. The van der Waals surface area contributed by atoms with Crippen molar-refractivity contribution < 1.29 is 14.3 Å². The predicted octanol–water partition coefficient (Wildman–Crippen LogP) is 3.11. The molecule has 2 aromatic carbocycles. The first-order valence-electron chi connectivity index (χ1n) is 6.27. The van der Waals surface area contributed by atoms with Crippen LogP contribution in [0.2, 0.25) is 0 Å². The van der Waals surface area contributed by atoms with Gasteiger partial charge in [0.15, 0.2) is 0 Å². The van der Waals surface area contributed by atoms with Crippen molar-refractivity contribution in [3.05, 3.63) is 65.0 Å². The van der Waals surface area contributed by atoms with E-state index in [9.17, 15) is 9.18 Å². The quantitative estimate of drug-likeness (QED) is 0.933. The molecule has 0 spiro atoms. The summed E-state index contributed by atoms with van der Waals surface area (Å²) in [7, 11) is 1.62. The maximum absolute atomic E-state index is 13.6. The van der Waals surface area contributed by atoms with Crippen molar-refractivity contribution in [2.45, 2.75) is 13.5 Å². The number of benzene rings is 2. The number of nitrogens with zero attached hydrogens (tertiary/aromatic N) is 1. The Bertz CT molecular complexity index is 623. The second kappa shape index (κ2) is 5.74. The summed E-state index contributed by atoms with van der Waals surface area (Å²) >= 11 is 0. The zero-order chi connectivity index (χ0) is 14.7. The van der Waals surface area contributed by atoms with E-state index in [-0.39, 0.29) is 11.3 Å². The molecule has 0 radical (unpaired) electrons. The van der Waals surface area contributed by atoms with Crippen LogP contribution in [0.1, 0.15) is 21.5 Å². The van der Waals surface area contributed by atoms with Gasteiger partial charge in [-0.1, -0.05) is 29.8 Å². The van der Waals surface area contributed by atoms with Crippen molar-refractivity contribution in [3.8, 4) is 5.75 Å². The van der Waals surface area contributed by atoms with Gasteiger partial charge in [0.2, 0.25) is 0 Å². The lowest BCUT2D eigenvalue weighted by Crippen LogP contribution is -2.27. The Kier molecular flexibility index (Phi) is 4.03. The molecule has 0 saturated carbocycles. The molecule has 1 N–H and O–H groups in total. The highest BCUT2D eigenvalue weighted by atomic mass is 19.1. The van der Waals surface area contributed by atoms with E-state index < -0.39 is 11.7 Å². The summed E-state index contributed by atoms with van der Waals surface area (Å²) in [4.78, 5) is 13.6. The van der Waals surface area contributed by atoms with Crippen LogP contribution >= 0.6 is 0 Å². The second-order valence-electron chi connectivity index (χ2n) is 4.81. The van der Waals surface area contributed by atoms with Gasteiger partial charge in [0.25, 0.3) is 5.91 Å². The SMILES string of the molecule is Cc1ccc(CN(C)C(=O)c2ccc(O)cc2F)cc1. The smallest absolute Gasteiger partial charge is 0.256 e. The zero-order valence-corrected chi connectivity index (χ0v) is 11.4. The number of phenolic OH excluding ortho intramolecular Hbond substituents is 1. The van der Waals surface area contributed by atoms with Crippen LogP contribution in [0, 0.1) is 12.7 Å². The Hall–Kier alpha value is -2.36. The van der Waals surface area contributed by atoms with Crippen molar-refractivity contribution in [3.63, 3.8) is 0 Å². The number of hydrogen-bond donors (Lipinski definition) is 1. The van der Waals surface area contributed by atoms with Crippen LogP contribution < -0.4 is 0 Å². The van der Waals surface area contributed by atoms with E-state index in [2.05, 4.69) is 0 Å². The minimum absolute atomic E-state index is 0.0441. The summed E-state index contributed by atoms with van der Waals surface area (Å²) in [6.07, 6.45) is 0. The van der Waals surface area contributed by atoms with Crippen molar-refractivity contribution in [1.82, 2.24) is 4.90 Å². The average molecular weight is 273 g/mol. The van der Waals surface area contributed by atoms with Crippen molar-refractivity contribution in [2.75, 3.05) is 7.05 Å². The lowest BCUT2D eigenvalue weighted by molar-refractivity contribution is 0.0780. The molecule has 0 aliphatic rings. The first-order chi connectivity index (χ1) is 9.47. The third-order valence-electron chi connectivity index (χ3n) is 3.07. The number of carbonyl (C=O) groups excluding carboxylic acids is 1. The maximum atomic E-state index is 13.6. The van der Waals surface area contributed by atoms with Gasteiger partial charge in [-0.05, 0) is 24.6 Å². The molecule has 0 bridgehead atoms. The highest BCUT2D eigenvalue weighted by Crippen LogP contribution is 2.17. The number of hydrogen-bond acceptors (Lipinski definition) is 2. The lowest BCUT2D eigenvalue weighted by atomic mass is 10.1. The molecular weight excluding hydrogens is 257 g/mol. The lowest BCUT2D eigenvalue weighted by Gasteiger charge is -2.18. The van der Waals surface area contributed by atoms with E-state index in [1.807, 2.05) is 31.2 Å². The highest BCUT2D eigenvalue weighted by molar-refractivity contribution is 5.94. The zero-order valence-electron chi connectivity index (χ0n) is 11.4. The summed E-state index contributed by atoms with van der Waals surface area (Å²) in [5, 5.41) is 9.15. The number of amides is 1. The molecule has 2 rings (SSSR count). The molecule has 4 heteroatoms. The van der Waals surface area contributed by atoms with Crippen LogP contribution in [-0.2, 0) is 6.54 Å². The van der Waals surface area contributed by atoms with Gasteiger partial charge in [0.05, 0.1) is 5.56 Å². The van der Waals surface area contributed by atoms with Crippen molar-refractivity contribution >= 4 is 5.91 Å². The van der Waals surface area contributed by atoms with E-state index in [0.29, 0.717) is 6.54 Å². The number of aromatic hydroxyl groups is 1. The first kappa shape index (κ1) is 14.1. The van der Waals surface area contributed by atoms with Crippen LogP contribution in [0.3, 0.4) is 0 Å². The summed E-state index contributed by atoms with van der Waals surface area (Å²) in [5.74, 6) is -1.32. The van der Waals surface area contributed by atoms with Gasteiger partial charge in [-0.2, -0.15) is 0 Å². The Balaban J connectivity index is 2.14. The molecule has 0 fully saturated rings. The first-order valence-corrected chi connectivity index (χ1v) is 6.27. The molecule has 0 saturated heterocycles. The molecular formula is C16H16FNO2. The van der Waals surface area contributed by atoms with Gasteiger partial charge >= 0.3 is 0 Å². The third kappa shape index (κ3) is 3.15. The summed E-state index contributed by atoms with van der Waals surface area (Å²) in [5.41, 5.74) is 2.08. The molecule has 0 aliphatic carbocycles. The van der Waals surface area contributed by atoms with Gasteiger partial charge < -0.3 is 10.0 Å². The van der Waals surface area contributed by atoms with Gasteiger partial charge in [0, 0.05) is 19.7 Å². The van der Waals surface area contributed by atoms with Gasteiger partial charge in [0.1, 0.15) is 11.6 Å². The van der Waals surface area contributed by atoms with E-state index >= 15 is 0 Å². The summed E-state index contributed by atoms with van der Waals surface area (Å²) < 4.78 is 13.6. The highest BCUT2D eigenvalue weighted by Gasteiger charge is 2.16. The molecule has 20 heavy (non-hydrogen) atoms. The normalized spacial score (nSPS) is 10.3. The summed E-state index contributed by atoms with van der Waals surface area (Å²) in [6.45, 7) is 2.39. The van der Waals surface area contributed by atoms with Gasteiger partial charge in [-0.3, -0.25) is 4.79 Å². The summed E-state index contributed by atoms with van der Waals surface area (Å²) in [6, 6.07) is 11.3. The topological polar surface area (TPSA) is 40.5 Å². The monoisotopic (exact) mass is 273 g/mol. The number of phenols is 1. The molecule has 104 valence electrons. The molecule has 0 heterocycles. The van der Waals surface area contributed by atoms with Gasteiger partial charge in [-0.25, -0.2) is 4.39 Å². The Morgan fingerprint density at radius 1 is 1.20 bits per heavy atom. The molecule has 3 nitrogen and oxygen atoms in total. The number of carbonyl (C=O) groups is 1. The van der Waals surface area contributed by atoms with Crippen molar-refractivity contribution in [2.24, 2.45) is 0 Å². The Morgan fingerprint density at radius 3 is 2.45 bits per heavy atom.